The van der Waals surface area contributed by atoms with E-state index in [0.717, 1.165) is 12.3 Å². The Balaban J connectivity index is 1.88. The van der Waals surface area contributed by atoms with E-state index in [2.05, 4.69) is 64.2 Å². The van der Waals surface area contributed by atoms with Gasteiger partial charge in [-0.2, -0.15) is 11.8 Å². The second kappa shape index (κ2) is 7.56. The van der Waals surface area contributed by atoms with E-state index < -0.39 is 0 Å². The Morgan fingerprint density at radius 2 is 2.17 bits per heavy atom. The minimum atomic E-state index is 0.497. The van der Waals surface area contributed by atoms with Gasteiger partial charge in [-0.1, -0.05) is 35.0 Å². The van der Waals surface area contributed by atoms with Crippen molar-refractivity contribution in [3.8, 4) is 0 Å². The van der Waals surface area contributed by atoms with Crippen molar-refractivity contribution in [1.29, 1.82) is 0 Å². The monoisotopic (exact) mass is 327 g/mol. The van der Waals surface area contributed by atoms with Gasteiger partial charge in [0.2, 0.25) is 0 Å². The second-order valence-corrected chi connectivity index (χ2v) is 7.12. The predicted molar refractivity (Wildman–Crippen MR) is 85.2 cm³/mol. The van der Waals surface area contributed by atoms with Crippen LogP contribution in [-0.4, -0.2) is 18.1 Å². The van der Waals surface area contributed by atoms with Crippen LogP contribution < -0.4 is 5.32 Å². The summed E-state index contributed by atoms with van der Waals surface area (Å²) in [5.74, 6) is 3.58. The van der Waals surface area contributed by atoms with Crippen molar-refractivity contribution in [2.75, 3.05) is 18.1 Å². The van der Waals surface area contributed by atoms with E-state index in [-0.39, 0.29) is 0 Å². The smallest absolute Gasteiger partial charge is 0.0318 e. The minimum Gasteiger partial charge on any atom is -0.310 e. The largest absolute Gasteiger partial charge is 0.310 e. The third kappa shape index (κ3) is 4.29. The molecule has 0 bridgehead atoms. The normalized spacial score (nSPS) is 18.8. The summed E-state index contributed by atoms with van der Waals surface area (Å²) in [5.41, 5.74) is 1.40. The van der Waals surface area contributed by atoms with Gasteiger partial charge in [-0.05, 0) is 60.9 Å². The first-order valence-corrected chi connectivity index (χ1v) is 8.81. The molecule has 1 aromatic carbocycles. The summed E-state index contributed by atoms with van der Waals surface area (Å²) in [6.45, 7) is 3.43. The van der Waals surface area contributed by atoms with E-state index in [9.17, 15) is 0 Å². The van der Waals surface area contributed by atoms with Crippen molar-refractivity contribution < 1.29 is 0 Å². The van der Waals surface area contributed by atoms with Crippen LogP contribution in [0.5, 0.6) is 0 Å². The molecule has 0 radical (unpaired) electrons. The van der Waals surface area contributed by atoms with Gasteiger partial charge in [0.05, 0.1) is 0 Å². The van der Waals surface area contributed by atoms with E-state index >= 15 is 0 Å². The summed E-state index contributed by atoms with van der Waals surface area (Å²) in [6.07, 6.45) is 3.91. The maximum absolute atomic E-state index is 3.75. The first-order valence-electron chi connectivity index (χ1n) is 6.86. The fourth-order valence-electron chi connectivity index (χ4n) is 2.48. The molecule has 0 spiro atoms. The number of nitrogens with one attached hydrogen (secondary N) is 1. The van der Waals surface area contributed by atoms with E-state index in [1.807, 2.05) is 0 Å². The average Bonchev–Trinajstić information content (AvgIpc) is 2.41. The standard InChI is InChI=1S/C15H22BrNS/c1-2-15(13-4-3-5-14(16)10-13)17-11-12-6-8-18-9-7-12/h3-5,10,12,15,17H,2,6-9,11H2,1H3. The molecule has 1 aliphatic rings. The molecular weight excluding hydrogens is 306 g/mol. The Kier molecular flexibility index (Phi) is 6.06. The summed E-state index contributed by atoms with van der Waals surface area (Å²) in [7, 11) is 0. The molecule has 1 N–H and O–H groups in total. The number of hydrogen-bond acceptors (Lipinski definition) is 2. The molecule has 100 valence electrons. The molecule has 0 aromatic heterocycles. The summed E-state index contributed by atoms with van der Waals surface area (Å²) in [6, 6.07) is 9.17. The van der Waals surface area contributed by atoms with E-state index in [0.29, 0.717) is 6.04 Å². The van der Waals surface area contributed by atoms with Crippen LogP contribution in [0.15, 0.2) is 28.7 Å². The van der Waals surface area contributed by atoms with Crippen LogP contribution in [0.25, 0.3) is 0 Å². The zero-order valence-corrected chi connectivity index (χ0v) is 13.4. The van der Waals surface area contributed by atoms with Gasteiger partial charge >= 0.3 is 0 Å². The van der Waals surface area contributed by atoms with Crippen molar-refractivity contribution in [1.82, 2.24) is 5.32 Å². The molecule has 3 heteroatoms. The number of halogens is 1. The molecule has 2 rings (SSSR count). The van der Waals surface area contributed by atoms with E-state index in [1.165, 1.54) is 40.9 Å². The maximum Gasteiger partial charge on any atom is 0.0318 e. The average molecular weight is 328 g/mol. The molecule has 1 saturated heterocycles. The van der Waals surface area contributed by atoms with Gasteiger partial charge in [-0.25, -0.2) is 0 Å². The summed E-state index contributed by atoms with van der Waals surface area (Å²) in [4.78, 5) is 0. The Labute approximate surface area is 123 Å². The lowest BCUT2D eigenvalue weighted by atomic mass is 10.00. The Morgan fingerprint density at radius 3 is 2.83 bits per heavy atom. The van der Waals surface area contributed by atoms with Gasteiger partial charge in [0, 0.05) is 10.5 Å². The number of thioether (sulfide) groups is 1. The highest BCUT2D eigenvalue weighted by atomic mass is 79.9. The molecule has 1 unspecified atom stereocenters. The summed E-state index contributed by atoms with van der Waals surface area (Å²) >= 11 is 5.66. The number of rotatable bonds is 5. The molecule has 0 amide bonds. The molecule has 1 aromatic rings. The van der Waals surface area contributed by atoms with Gasteiger partial charge in [0.1, 0.15) is 0 Å². The summed E-state index contributed by atoms with van der Waals surface area (Å²) in [5, 5.41) is 3.75. The molecule has 1 atom stereocenters. The van der Waals surface area contributed by atoms with Crippen molar-refractivity contribution >= 4 is 27.7 Å². The Hall–Kier alpha value is 0.01000. The van der Waals surface area contributed by atoms with Crippen LogP contribution in [0, 0.1) is 5.92 Å². The van der Waals surface area contributed by atoms with Crippen LogP contribution in [0.4, 0.5) is 0 Å². The van der Waals surface area contributed by atoms with Gasteiger partial charge in [-0.15, -0.1) is 0 Å². The highest BCUT2D eigenvalue weighted by molar-refractivity contribution is 9.10. The van der Waals surface area contributed by atoms with Gasteiger partial charge in [0.15, 0.2) is 0 Å². The van der Waals surface area contributed by atoms with Crippen LogP contribution in [0.2, 0.25) is 0 Å². The topological polar surface area (TPSA) is 12.0 Å². The minimum absolute atomic E-state index is 0.497. The van der Waals surface area contributed by atoms with Crippen LogP contribution in [-0.2, 0) is 0 Å². The van der Waals surface area contributed by atoms with Gasteiger partial charge < -0.3 is 5.32 Å². The first-order chi connectivity index (χ1) is 8.79. The second-order valence-electron chi connectivity index (χ2n) is 4.98. The molecule has 0 saturated carbocycles. The van der Waals surface area contributed by atoms with Gasteiger partial charge in [0.25, 0.3) is 0 Å². The highest BCUT2D eigenvalue weighted by Gasteiger charge is 2.16. The van der Waals surface area contributed by atoms with Crippen LogP contribution in [0.3, 0.4) is 0 Å². The molecule has 1 nitrogen and oxygen atoms in total. The zero-order valence-electron chi connectivity index (χ0n) is 11.0. The molecule has 0 aliphatic carbocycles. The molecule has 1 heterocycles. The third-order valence-electron chi connectivity index (χ3n) is 3.65. The van der Waals surface area contributed by atoms with Gasteiger partial charge in [-0.3, -0.25) is 0 Å². The third-order valence-corrected chi connectivity index (χ3v) is 5.20. The van der Waals surface area contributed by atoms with Crippen molar-refractivity contribution in [2.45, 2.75) is 32.2 Å². The SMILES string of the molecule is CCC(NCC1CCSCC1)c1cccc(Br)c1. The Bertz CT molecular complexity index is 363. The molecule has 1 fully saturated rings. The molecular formula is C15H22BrNS. The van der Waals surface area contributed by atoms with E-state index in [1.54, 1.807) is 0 Å². The lowest BCUT2D eigenvalue weighted by Crippen LogP contribution is -2.29. The first kappa shape index (κ1) is 14.4. The van der Waals surface area contributed by atoms with Crippen molar-refractivity contribution in [3.63, 3.8) is 0 Å². The van der Waals surface area contributed by atoms with Crippen LogP contribution in [0.1, 0.15) is 37.8 Å². The fourth-order valence-corrected chi connectivity index (χ4v) is 4.10. The summed E-state index contributed by atoms with van der Waals surface area (Å²) < 4.78 is 1.18. The van der Waals surface area contributed by atoms with E-state index in [4.69, 9.17) is 0 Å². The molecule has 1 aliphatic heterocycles. The number of hydrogen-bond donors (Lipinski definition) is 1. The quantitative estimate of drug-likeness (QED) is 0.845. The maximum atomic E-state index is 3.75. The lowest BCUT2D eigenvalue weighted by molar-refractivity contribution is 0.405. The highest BCUT2D eigenvalue weighted by Crippen LogP contribution is 2.24. The lowest BCUT2D eigenvalue weighted by Gasteiger charge is -2.25. The van der Waals surface area contributed by atoms with Crippen molar-refractivity contribution in [3.05, 3.63) is 34.3 Å². The Morgan fingerprint density at radius 1 is 1.39 bits per heavy atom. The predicted octanol–water partition coefficient (Wildman–Crippen LogP) is 4.63. The van der Waals surface area contributed by atoms with Crippen molar-refractivity contribution in [2.24, 2.45) is 5.92 Å². The zero-order chi connectivity index (χ0) is 12.8. The van der Waals surface area contributed by atoms with Crippen LogP contribution >= 0.6 is 27.7 Å². The fraction of sp³-hybridized carbons (Fsp3) is 0.600. The number of benzene rings is 1. The molecule has 18 heavy (non-hydrogen) atoms.